The van der Waals surface area contributed by atoms with Crippen LogP contribution < -0.4 is 10.7 Å². The highest BCUT2D eigenvalue weighted by molar-refractivity contribution is 7.98. The Morgan fingerprint density at radius 1 is 1.24 bits per heavy atom. The van der Waals surface area contributed by atoms with Gasteiger partial charge in [0.2, 0.25) is 5.43 Å². The van der Waals surface area contributed by atoms with Gasteiger partial charge in [-0.1, -0.05) is 18.2 Å². The second kappa shape index (κ2) is 6.08. The maximum absolute atomic E-state index is 12.8. The molecule has 2 aromatic carbocycles. The highest BCUT2D eigenvalue weighted by Crippen LogP contribution is 2.31. The van der Waals surface area contributed by atoms with Crippen LogP contribution in [0.1, 0.15) is 28.9 Å². The van der Waals surface area contributed by atoms with Gasteiger partial charge in [-0.05, 0) is 49.4 Å². The molecule has 0 saturated carbocycles. The average molecular weight is 350 g/mol. The zero-order chi connectivity index (χ0) is 17.6. The zero-order valence-corrected chi connectivity index (χ0v) is 14.9. The van der Waals surface area contributed by atoms with Crippen molar-refractivity contribution in [1.82, 2.24) is 4.57 Å². The first-order chi connectivity index (χ1) is 12.1. The smallest absolute Gasteiger partial charge is 0.261 e. The predicted octanol–water partition coefficient (Wildman–Crippen LogP) is 4.09. The van der Waals surface area contributed by atoms with Crippen molar-refractivity contribution in [3.05, 3.63) is 70.0 Å². The van der Waals surface area contributed by atoms with Crippen LogP contribution in [-0.4, -0.2) is 16.7 Å². The van der Waals surface area contributed by atoms with Crippen molar-refractivity contribution in [2.75, 3.05) is 11.6 Å². The van der Waals surface area contributed by atoms with Gasteiger partial charge < -0.3 is 9.88 Å². The molecule has 0 bridgehead atoms. The van der Waals surface area contributed by atoms with Crippen molar-refractivity contribution in [3.63, 3.8) is 0 Å². The van der Waals surface area contributed by atoms with Crippen molar-refractivity contribution in [2.24, 2.45) is 0 Å². The molecule has 1 aromatic heterocycles. The van der Waals surface area contributed by atoms with E-state index in [0.29, 0.717) is 11.1 Å². The van der Waals surface area contributed by atoms with E-state index in [0.717, 1.165) is 16.8 Å². The van der Waals surface area contributed by atoms with Crippen molar-refractivity contribution < 1.29 is 4.79 Å². The molecule has 0 radical (unpaired) electrons. The number of amides is 1. The molecule has 1 atom stereocenters. The molecule has 0 spiro atoms. The number of pyridine rings is 1. The maximum atomic E-state index is 12.8. The Morgan fingerprint density at radius 2 is 2.04 bits per heavy atom. The van der Waals surface area contributed by atoms with Gasteiger partial charge >= 0.3 is 0 Å². The number of rotatable bonds is 3. The molecule has 0 unspecified atom stereocenters. The lowest BCUT2D eigenvalue weighted by Crippen LogP contribution is -2.23. The number of carbonyl (C=O) groups excluding carboxylic acids is 1. The number of benzene rings is 2. The van der Waals surface area contributed by atoms with Crippen molar-refractivity contribution in [2.45, 2.75) is 24.3 Å². The van der Waals surface area contributed by atoms with E-state index >= 15 is 0 Å². The molecule has 3 aromatic rings. The zero-order valence-electron chi connectivity index (χ0n) is 14.1. The van der Waals surface area contributed by atoms with Gasteiger partial charge in [-0.25, -0.2) is 0 Å². The van der Waals surface area contributed by atoms with Crippen molar-refractivity contribution in [1.29, 1.82) is 0 Å². The lowest BCUT2D eigenvalue weighted by molar-refractivity contribution is 0.102. The van der Waals surface area contributed by atoms with Crippen LogP contribution in [0.15, 0.2) is 58.4 Å². The largest absolute Gasteiger partial charge is 0.343 e. The summed E-state index contributed by atoms with van der Waals surface area (Å²) in [6.07, 6.45) is 4.58. The van der Waals surface area contributed by atoms with Crippen LogP contribution in [0.5, 0.6) is 0 Å². The third-order valence-corrected chi connectivity index (χ3v) is 5.42. The Balaban J connectivity index is 1.79. The van der Waals surface area contributed by atoms with Crippen LogP contribution in [0.3, 0.4) is 0 Å². The van der Waals surface area contributed by atoms with Gasteiger partial charge in [0.05, 0.1) is 5.52 Å². The number of carbonyl (C=O) groups is 1. The SMILES string of the molecule is CSc1cccc(NC(=O)c2cn3c4c(cccc4c2=O)C[C@@H]3C)c1. The van der Waals surface area contributed by atoms with Crippen LogP contribution >= 0.6 is 11.8 Å². The number of hydrogen-bond acceptors (Lipinski definition) is 3. The molecule has 1 aliphatic rings. The van der Waals surface area contributed by atoms with E-state index in [4.69, 9.17) is 0 Å². The summed E-state index contributed by atoms with van der Waals surface area (Å²) in [5, 5.41) is 3.47. The van der Waals surface area contributed by atoms with Gasteiger partial charge in [-0.2, -0.15) is 0 Å². The molecule has 4 rings (SSSR count). The second-order valence-electron chi connectivity index (χ2n) is 6.33. The highest BCUT2D eigenvalue weighted by Gasteiger charge is 2.24. The van der Waals surface area contributed by atoms with Gasteiger partial charge in [0.1, 0.15) is 5.56 Å². The standard InChI is InChI=1S/C20H18N2O2S/c1-12-9-13-5-3-8-16-18(13)22(12)11-17(19(16)23)20(24)21-14-6-4-7-15(10-14)25-2/h3-8,10-12H,9H2,1-2H3,(H,21,24)/t12-/m0/s1. The van der Waals surface area contributed by atoms with Gasteiger partial charge in [-0.15, -0.1) is 11.8 Å². The molecule has 25 heavy (non-hydrogen) atoms. The Bertz CT molecular complexity index is 1060. The van der Waals surface area contributed by atoms with Gasteiger partial charge in [0, 0.05) is 28.2 Å². The summed E-state index contributed by atoms with van der Waals surface area (Å²) >= 11 is 1.61. The van der Waals surface area contributed by atoms with Crippen LogP contribution in [0.25, 0.3) is 10.9 Å². The summed E-state index contributed by atoms with van der Waals surface area (Å²) in [5.41, 5.74) is 2.80. The maximum Gasteiger partial charge on any atom is 0.261 e. The third-order valence-electron chi connectivity index (χ3n) is 4.70. The first-order valence-electron chi connectivity index (χ1n) is 8.20. The van der Waals surface area contributed by atoms with Crippen LogP contribution in [0, 0.1) is 0 Å². The summed E-state index contributed by atoms with van der Waals surface area (Å²) < 4.78 is 2.05. The molecule has 0 fully saturated rings. The molecular formula is C20H18N2O2S. The minimum atomic E-state index is -0.363. The van der Waals surface area contributed by atoms with E-state index in [9.17, 15) is 9.59 Å². The van der Waals surface area contributed by atoms with E-state index < -0.39 is 0 Å². The fourth-order valence-electron chi connectivity index (χ4n) is 3.48. The second-order valence-corrected chi connectivity index (χ2v) is 7.21. The minimum Gasteiger partial charge on any atom is -0.343 e. The molecule has 0 aliphatic carbocycles. The molecule has 0 saturated heterocycles. The quantitative estimate of drug-likeness (QED) is 0.724. The Morgan fingerprint density at radius 3 is 2.84 bits per heavy atom. The predicted molar refractivity (Wildman–Crippen MR) is 103 cm³/mol. The molecule has 1 amide bonds. The van der Waals surface area contributed by atoms with Crippen LogP contribution in [-0.2, 0) is 6.42 Å². The number of anilines is 1. The van der Waals surface area contributed by atoms with Gasteiger partial charge in [0.15, 0.2) is 0 Å². The summed E-state index contributed by atoms with van der Waals surface area (Å²) in [5.74, 6) is -0.363. The number of hydrogen-bond donors (Lipinski definition) is 1. The van der Waals surface area contributed by atoms with E-state index in [-0.39, 0.29) is 22.9 Å². The van der Waals surface area contributed by atoms with Crippen molar-refractivity contribution >= 4 is 34.3 Å². The third kappa shape index (κ3) is 2.65. The van der Waals surface area contributed by atoms with E-state index in [2.05, 4.69) is 22.9 Å². The Hall–Kier alpha value is -2.53. The molecular weight excluding hydrogens is 332 g/mol. The fourth-order valence-corrected chi connectivity index (χ4v) is 3.94. The van der Waals surface area contributed by atoms with Gasteiger partial charge in [-0.3, -0.25) is 9.59 Å². The van der Waals surface area contributed by atoms with E-state index in [1.54, 1.807) is 24.0 Å². The summed E-state index contributed by atoms with van der Waals surface area (Å²) in [7, 11) is 0. The Kier molecular flexibility index (Phi) is 3.88. The molecule has 2 heterocycles. The van der Waals surface area contributed by atoms with Crippen LogP contribution in [0.2, 0.25) is 0 Å². The molecule has 126 valence electrons. The lowest BCUT2D eigenvalue weighted by Gasteiger charge is -2.13. The van der Waals surface area contributed by atoms with Crippen molar-refractivity contribution in [3.8, 4) is 0 Å². The fraction of sp³-hybridized carbons (Fsp3) is 0.200. The molecule has 5 heteroatoms. The molecule has 1 aliphatic heterocycles. The van der Waals surface area contributed by atoms with Crippen LogP contribution in [0.4, 0.5) is 5.69 Å². The summed E-state index contributed by atoms with van der Waals surface area (Å²) in [6, 6.07) is 13.6. The minimum absolute atomic E-state index is 0.188. The lowest BCUT2D eigenvalue weighted by atomic mass is 10.1. The summed E-state index contributed by atoms with van der Waals surface area (Å²) in [4.78, 5) is 26.6. The first kappa shape index (κ1) is 16.0. The Labute approximate surface area is 149 Å². The van der Waals surface area contributed by atoms with E-state index in [1.165, 1.54) is 5.56 Å². The van der Waals surface area contributed by atoms with Gasteiger partial charge in [0.25, 0.3) is 5.91 Å². The number of aromatic nitrogens is 1. The summed E-state index contributed by atoms with van der Waals surface area (Å²) in [6.45, 7) is 2.10. The topological polar surface area (TPSA) is 51.1 Å². The molecule has 4 nitrogen and oxygen atoms in total. The average Bonchev–Trinajstić information content (AvgIpc) is 2.94. The van der Waals surface area contributed by atoms with E-state index in [1.807, 2.05) is 36.6 Å². The molecule has 1 N–H and O–H groups in total. The first-order valence-corrected chi connectivity index (χ1v) is 9.43. The highest BCUT2D eigenvalue weighted by atomic mass is 32.2. The normalized spacial score (nSPS) is 15.5. The number of nitrogens with zero attached hydrogens (tertiary/aromatic N) is 1. The monoisotopic (exact) mass is 350 g/mol. The number of nitrogens with one attached hydrogen (secondary N) is 1. The number of thioether (sulfide) groups is 1. The number of para-hydroxylation sites is 1.